The van der Waals surface area contributed by atoms with Crippen LogP contribution in [0.3, 0.4) is 0 Å². The number of carbonyl (C=O) groups is 2. The molecule has 0 aliphatic carbocycles. The van der Waals surface area contributed by atoms with Gasteiger partial charge in [0.15, 0.2) is 0 Å². The van der Waals surface area contributed by atoms with Crippen LogP contribution in [0.15, 0.2) is 0 Å². The minimum absolute atomic E-state index is 0.0603. The molecule has 0 spiro atoms. The summed E-state index contributed by atoms with van der Waals surface area (Å²) in [4.78, 5) is 22.0. The van der Waals surface area contributed by atoms with Gasteiger partial charge in [0.2, 0.25) is 0 Å². The van der Waals surface area contributed by atoms with E-state index in [2.05, 4.69) is 4.74 Å². The average Bonchev–Trinajstić information content (AvgIpc) is 2.14. The Hall–Kier alpha value is -1.15. The van der Waals surface area contributed by atoms with E-state index in [1.165, 1.54) is 6.92 Å². The van der Waals surface area contributed by atoms with E-state index in [0.717, 1.165) is 0 Å². The molecule has 16 heavy (non-hydrogen) atoms. The van der Waals surface area contributed by atoms with Crippen LogP contribution < -0.4 is 9.44 Å². The van der Waals surface area contributed by atoms with Crippen molar-refractivity contribution < 1.29 is 22.7 Å². The smallest absolute Gasteiger partial charge is 0.421 e. The van der Waals surface area contributed by atoms with Crippen molar-refractivity contribution in [3.05, 3.63) is 0 Å². The first-order valence-corrected chi connectivity index (χ1v) is 6.30. The Balaban J connectivity index is 4.36. The number of ether oxygens (including phenoxy) is 1. The van der Waals surface area contributed by atoms with Crippen molar-refractivity contribution in [1.29, 1.82) is 0 Å². The lowest BCUT2D eigenvalue weighted by Gasteiger charge is -2.12. The standard InChI is InChI=1S/C8H16N2O5S/c1-4-7(11)6(3)9-16(13,14)10-8(12)15-5-2/h6,9H,4-5H2,1-3H3,(H,10,12). The zero-order valence-corrected chi connectivity index (χ0v) is 10.3. The fourth-order valence-electron chi connectivity index (χ4n) is 0.904. The Morgan fingerprint density at radius 3 is 2.31 bits per heavy atom. The molecule has 0 bridgehead atoms. The molecular formula is C8H16N2O5S. The third-order valence-electron chi connectivity index (χ3n) is 1.66. The maximum atomic E-state index is 11.3. The van der Waals surface area contributed by atoms with E-state index >= 15 is 0 Å². The van der Waals surface area contributed by atoms with Crippen molar-refractivity contribution in [1.82, 2.24) is 9.44 Å². The third-order valence-corrected chi connectivity index (χ3v) is 2.76. The number of hydrogen-bond acceptors (Lipinski definition) is 5. The van der Waals surface area contributed by atoms with Crippen molar-refractivity contribution in [2.45, 2.75) is 33.2 Å². The molecule has 0 saturated carbocycles. The van der Waals surface area contributed by atoms with Crippen molar-refractivity contribution in [2.24, 2.45) is 0 Å². The molecule has 0 aromatic heterocycles. The highest BCUT2D eigenvalue weighted by Gasteiger charge is 2.21. The highest BCUT2D eigenvalue weighted by Crippen LogP contribution is 1.92. The second-order valence-corrected chi connectivity index (χ2v) is 4.43. The second-order valence-electron chi connectivity index (χ2n) is 2.99. The first-order valence-electron chi connectivity index (χ1n) is 4.82. The summed E-state index contributed by atoms with van der Waals surface area (Å²) in [5.74, 6) is -0.269. The second kappa shape index (κ2) is 6.44. The van der Waals surface area contributed by atoms with Gasteiger partial charge in [0.25, 0.3) is 0 Å². The average molecular weight is 252 g/mol. The van der Waals surface area contributed by atoms with Crippen LogP contribution >= 0.6 is 0 Å². The number of rotatable bonds is 6. The first-order chi connectivity index (χ1) is 7.32. The van der Waals surface area contributed by atoms with Gasteiger partial charge < -0.3 is 4.74 Å². The minimum Gasteiger partial charge on any atom is -0.449 e. The molecule has 0 fully saturated rings. The Morgan fingerprint density at radius 2 is 1.88 bits per heavy atom. The Kier molecular flexibility index (Phi) is 5.97. The van der Waals surface area contributed by atoms with Crippen molar-refractivity contribution in [3.8, 4) is 0 Å². The molecule has 0 saturated heterocycles. The Morgan fingerprint density at radius 1 is 1.31 bits per heavy atom. The Bertz CT molecular complexity index is 351. The maximum absolute atomic E-state index is 11.3. The summed E-state index contributed by atoms with van der Waals surface area (Å²) in [5, 5.41) is 0. The van der Waals surface area contributed by atoms with Gasteiger partial charge in [-0.05, 0) is 13.8 Å². The van der Waals surface area contributed by atoms with Crippen LogP contribution in [0.2, 0.25) is 0 Å². The van der Waals surface area contributed by atoms with E-state index in [1.54, 1.807) is 18.6 Å². The monoisotopic (exact) mass is 252 g/mol. The van der Waals surface area contributed by atoms with Crippen LogP contribution in [0, 0.1) is 0 Å². The fraction of sp³-hybridized carbons (Fsp3) is 0.750. The van der Waals surface area contributed by atoms with Crippen LogP contribution in [-0.4, -0.2) is 32.9 Å². The molecule has 0 heterocycles. The van der Waals surface area contributed by atoms with Gasteiger partial charge in [-0.2, -0.15) is 13.1 Å². The molecule has 8 heteroatoms. The van der Waals surface area contributed by atoms with Gasteiger partial charge in [-0.15, -0.1) is 0 Å². The lowest BCUT2D eigenvalue weighted by atomic mass is 10.2. The minimum atomic E-state index is -4.05. The Labute approximate surface area is 94.7 Å². The summed E-state index contributed by atoms with van der Waals surface area (Å²) in [6.45, 7) is 4.62. The van der Waals surface area contributed by atoms with E-state index in [4.69, 9.17) is 0 Å². The summed E-state index contributed by atoms with van der Waals surface area (Å²) in [6.07, 6.45) is -0.866. The van der Waals surface area contributed by atoms with E-state index < -0.39 is 22.3 Å². The molecule has 7 nitrogen and oxygen atoms in total. The SMILES string of the molecule is CCOC(=O)NS(=O)(=O)NC(C)C(=O)CC. The summed E-state index contributed by atoms with van der Waals surface area (Å²) in [6, 6.07) is -0.878. The molecule has 0 aromatic carbocycles. The molecule has 1 atom stereocenters. The number of carbonyl (C=O) groups excluding carboxylic acids is 2. The lowest BCUT2D eigenvalue weighted by Crippen LogP contribution is -2.46. The highest BCUT2D eigenvalue weighted by molar-refractivity contribution is 7.88. The summed E-state index contributed by atoms with van der Waals surface area (Å²) in [5.41, 5.74) is 0. The van der Waals surface area contributed by atoms with E-state index in [0.29, 0.717) is 0 Å². The molecule has 0 aliphatic rings. The van der Waals surface area contributed by atoms with Gasteiger partial charge in [-0.3, -0.25) is 4.79 Å². The van der Waals surface area contributed by atoms with Gasteiger partial charge >= 0.3 is 16.3 Å². The predicted octanol–water partition coefficient (Wildman–Crippen LogP) is -0.0655. The summed E-state index contributed by atoms with van der Waals surface area (Å²) in [7, 11) is -4.05. The molecule has 0 rings (SSSR count). The summed E-state index contributed by atoms with van der Waals surface area (Å²) >= 11 is 0. The van der Waals surface area contributed by atoms with Crippen molar-refractivity contribution >= 4 is 22.1 Å². The number of ketones is 1. The number of amides is 1. The van der Waals surface area contributed by atoms with E-state index in [-0.39, 0.29) is 18.8 Å². The van der Waals surface area contributed by atoms with Crippen LogP contribution in [0.25, 0.3) is 0 Å². The normalized spacial score (nSPS) is 12.9. The molecular weight excluding hydrogens is 236 g/mol. The lowest BCUT2D eigenvalue weighted by molar-refractivity contribution is -0.119. The summed E-state index contributed by atoms with van der Waals surface area (Å²) < 4.78 is 30.6. The molecule has 0 radical (unpaired) electrons. The molecule has 2 N–H and O–H groups in total. The molecule has 1 unspecified atom stereocenters. The topological polar surface area (TPSA) is 102 Å². The van der Waals surface area contributed by atoms with E-state index in [1.807, 2.05) is 4.72 Å². The van der Waals surface area contributed by atoms with Crippen molar-refractivity contribution in [3.63, 3.8) is 0 Å². The first kappa shape index (κ1) is 14.8. The molecule has 94 valence electrons. The van der Waals surface area contributed by atoms with Crippen LogP contribution in [-0.2, 0) is 19.7 Å². The zero-order valence-electron chi connectivity index (χ0n) is 9.44. The van der Waals surface area contributed by atoms with Gasteiger partial charge in [0.1, 0.15) is 5.78 Å². The van der Waals surface area contributed by atoms with Gasteiger partial charge in [0, 0.05) is 6.42 Å². The highest BCUT2D eigenvalue weighted by atomic mass is 32.2. The predicted molar refractivity (Wildman–Crippen MR) is 57.0 cm³/mol. The largest absolute Gasteiger partial charge is 0.449 e. The fourth-order valence-corrected chi connectivity index (χ4v) is 1.84. The number of Topliss-reactive ketones (excluding diaryl/α,β-unsaturated/α-hetero) is 1. The third kappa shape index (κ3) is 5.66. The van der Waals surface area contributed by atoms with Crippen LogP contribution in [0.1, 0.15) is 27.2 Å². The maximum Gasteiger partial charge on any atom is 0.421 e. The molecule has 0 aliphatic heterocycles. The zero-order chi connectivity index (χ0) is 12.8. The van der Waals surface area contributed by atoms with Crippen LogP contribution in [0.5, 0.6) is 0 Å². The van der Waals surface area contributed by atoms with Gasteiger partial charge in [-0.25, -0.2) is 9.52 Å². The molecule has 0 aromatic rings. The van der Waals surface area contributed by atoms with Gasteiger partial charge in [0.05, 0.1) is 12.6 Å². The molecule has 1 amide bonds. The van der Waals surface area contributed by atoms with Gasteiger partial charge in [-0.1, -0.05) is 6.92 Å². The number of nitrogens with one attached hydrogen (secondary N) is 2. The van der Waals surface area contributed by atoms with Crippen molar-refractivity contribution in [2.75, 3.05) is 6.61 Å². The number of hydrogen-bond donors (Lipinski definition) is 2. The quantitative estimate of drug-likeness (QED) is 0.689. The van der Waals surface area contributed by atoms with E-state index in [9.17, 15) is 18.0 Å². The van der Waals surface area contributed by atoms with Crippen LogP contribution in [0.4, 0.5) is 4.79 Å².